The number of hydrogen-bond donors (Lipinski definition) is 1. The van der Waals surface area contributed by atoms with Gasteiger partial charge >= 0.3 is 0 Å². The lowest BCUT2D eigenvalue weighted by Crippen LogP contribution is -2.46. The van der Waals surface area contributed by atoms with Gasteiger partial charge in [-0.05, 0) is 42.7 Å². The number of rotatable bonds is 3. The molecule has 2 aliphatic heterocycles. The van der Waals surface area contributed by atoms with Crippen molar-refractivity contribution in [3.63, 3.8) is 0 Å². The van der Waals surface area contributed by atoms with Gasteiger partial charge in [0.15, 0.2) is 0 Å². The molecule has 1 aromatic rings. The average molecular weight is 258 g/mol. The largest absolute Gasteiger partial charge is 0.328 e. The average Bonchev–Trinajstić information content (AvgIpc) is 2.62. The van der Waals surface area contributed by atoms with Crippen molar-refractivity contribution in [1.82, 2.24) is 4.90 Å². The topological polar surface area (TPSA) is 29.3 Å². The lowest BCUT2D eigenvalue weighted by atomic mass is 9.97. The van der Waals surface area contributed by atoms with Crippen LogP contribution < -0.4 is 5.73 Å². The van der Waals surface area contributed by atoms with Crippen molar-refractivity contribution in [2.75, 3.05) is 0 Å². The van der Waals surface area contributed by atoms with Crippen LogP contribution in [0.25, 0.3) is 0 Å². The van der Waals surface area contributed by atoms with E-state index in [4.69, 9.17) is 5.73 Å². The molecule has 2 saturated heterocycles. The maximum Gasteiger partial charge on any atom is 0.0239 e. The van der Waals surface area contributed by atoms with Gasteiger partial charge in [-0.2, -0.15) is 0 Å². The normalized spacial score (nSPS) is 31.1. The molecule has 104 valence electrons. The van der Waals surface area contributed by atoms with Crippen molar-refractivity contribution >= 4 is 0 Å². The van der Waals surface area contributed by atoms with E-state index in [2.05, 4.69) is 43.0 Å². The zero-order valence-electron chi connectivity index (χ0n) is 12.2. The van der Waals surface area contributed by atoms with E-state index in [9.17, 15) is 0 Å². The highest BCUT2D eigenvalue weighted by molar-refractivity contribution is 5.25. The fourth-order valence-corrected chi connectivity index (χ4v) is 3.79. The van der Waals surface area contributed by atoms with Gasteiger partial charge in [0.05, 0.1) is 0 Å². The predicted octanol–water partition coefficient (Wildman–Crippen LogP) is 3.26. The van der Waals surface area contributed by atoms with Crippen molar-refractivity contribution < 1.29 is 0 Å². The third-order valence-corrected chi connectivity index (χ3v) is 4.93. The van der Waals surface area contributed by atoms with E-state index in [0.717, 1.165) is 18.6 Å². The highest BCUT2D eigenvalue weighted by Crippen LogP contribution is 2.36. The fraction of sp³-hybridized carbons (Fsp3) is 0.647. The summed E-state index contributed by atoms with van der Waals surface area (Å²) >= 11 is 0. The summed E-state index contributed by atoms with van der Waals surface area (Å²) in [5.74, 6) is 0.623. The second kappa shape index (κ2) is 5.26. The Morgan fingerprint density at radius 1 is 1.11 bits per heavy atom. The van der Waals surface area contributed by atoms with E-state index in [1.54, 1.807) is 0 Å². The Hall–Kier alpha value is -0.860. The summed E-state index contributed by atoms with van der Waals surface area (Å²) in [5.41, 5.74) is 9.03. The Morgan fingerprint density at radius 2 is 1.68 bits per heavy atom. The number of benzene rings is 1. The summed E-state index contributed by atoms with van der Waals surface area (Å²) in [4.78, 5) is 2.70. The SMILES string of the molecule is CC(C)c1ccc(CN2C3CCC2CC(N)C3)cc1. The van der Waals surface area contributed by atoms with Gasteiger partial charge in [0.2, 0.25) is 0 Å². The Morgan fingerprint density at radius 3 is 2.21 bits per heavy atom. The summed E-state index contributed by atoms with van der Waals surface area (Å²) in [6.07, 6.45) is 5.09. The van der Waals surface area contributed by atoms with Crippen LogP contribution in [0.1, 0.15) is 56.6 Å². The summed E-state index contributed by atoms with van der Waals surface area (Å²) in [6.45, 7) is 5.61. The summed E-state index contributed by atoms with van der Waals surface area (Å²) in [5, 5.41) is 0. The summed E-state index contributed by atoms with van der Waals surface area (Å²) < 4.78 is 0. The molecule has 1 aromatic carbocycles. The first-order valence-electron chi connectivity index (χ1n) is 7.73. The molecular weight excluding hydrogens is 232 g/mol. The van der Waals surface area contributed by atoms with E-state index >= 15 is 0 Å². The summed E-state index contributed by atoms with van der Waals surface area (Å²) in [6, 6.07) is 11.1. The van der Waals surface area contributed by atoms with Crippen molar-refractivity contribution in [2.24, 2.45) is 5.73 Å². The van der Waals surface area contributed by atoms with Crippen LogP contribution in [0.3, 0.4) is 0 Å². The van der Waals surface area contributed by atoms with E-state index in [1.807, 2.05) is 0 Å². The first-order chi connectivity index (χ1) is 9.13. The number of nitrogens with zero attached hydrogens (tertiary/aromatic N) is 1. The minimum Gasteiger partial charge on any atom is -0.328 e. The number of fused-ring (bicyclic) bond motifs is 2. The molecule has 3 rings (SSSR count). The van der Waals surface area contributed by atoms with Gasteiger partial charge in [-0.15, -0.1) is 0 Å². The van der Waals surface area contributed by atoms with Gasteiger partial charge in [0.25, 0.3) is 0 Å². The molecule has 0 aliphatic carbocycles. The molecule has 2 N–H and O–H groups in total. The van der Waals surface area contributed by atoms with Gasteiger partial charge in [-0.3, -0.25) is 4.90 Å². The number of piperidine rings is 1. The molecule has 2 heterocycles. The Balaban J connectivity index is 1.68. The molecule has 0 saturated carbocycles. The van der Waals surface area contributed by atoms with Gasteiger partial charge in [0.1, 0.15) is 0 Å². The molecule has 2 fully saturated rings. The van der Waals surface area contributed by atoms with Crippen LogP contribution in [0.15, 0.2) is 24.3 Å². The smallest absolute Gasteiger partial charge is 0.0239 e. The molecule has 2 unspecified atom stereocenters. The molecular formula is C17H26N2. The fourth-order valence-electron chi connectivity index (χ4n) is 3.79. The van der Waals surface area contributed by atoms with Crippen LogP contribution in [0.2, 0.25) is 0 Å². The lowest BCUT2D eigenvalue weighted by Gasteiger charge is -2.37. The summed E-state index contributed by atoms with van der Waals surface area (Å²) in [7, 11) is 0. The van der Waals surface area contributed by atoms with Gasteiger partial charge in [0, 0.05) is 24.7 Å². The van der Waals surface area contributed by atoms with Crippen molar-refractivity contribution in [1.29, 1.82) is 0 Å². The standard InChI is InChI=1S/C17H26N2/c1-12(2)14-5-3-13(4-6-14)11-19-16-7-8-17(19)10-15(18)9-16/h3-6,12,15-17H,7-11,18H2,1-2H3. The quantitative estimate of drug-likeness (QED) is 0.901. The van der Waals surface area contributed by atoms with Crippen LogP contribution in [-0.2, 0) is 6.54 Å². The molecule has 0 radical (unpaired) electrons. The molecule has 2 bridgehead atoms. The zero-order chi connectivity index (χ0) is 13.4. The van der Waals surface area contributed by atoms with Crippen LogP contribution >= 0.6 is 0 Å². The maximum atomic E-state index is 6.14. The van der Waals surface area contributed by atoms with E-state index in [1.165, 1.54) is 36.8 Å². The van der Waals surface area contributed by atoms with Crippen LogP contribution in [0.4, 0.5) is 0 Å². The molecule has 0 amide bonds. The third kappa shape index (κ3) is 2.70. The van der Waals surface area contributed by atoms with Crippen LogP contribution in [-0.4, -0.2) is 23.0 Å². The lowest BCUT2D eigenvalue weighted by molar-refractivity contribution is 0.120. The van der Waals surface area contributed by atoms with Crippen molar-refractivity contribution in [2.45, 2.75) is 70.1 Å². The van der Waals surface area contributed by atoms with Crippen molar-refractivity contribution in [3.05, 3.63) is 35.4 Å². The first-order valence-corrected chi connectivity index (χ1v) is 7.73. The number of nitrogens with two attached hydrogens (primary N) is 1. The van der Waals surface area contributed by atoms with Crippen molar-refractivity contribution in [3.8, 4) is 0 Å². The van der Waals surface area contributed by atoms with Gasteiger partial charge in [-0.25, -0.2) is 0 Å². The second-order valence-corrected chi connectivity index (χ2v) is 6.69. The molecule has 2 heteroatoms. The van der Waals surface area contributed by atoms with Crippen LogP contribution in [0, 0.1) is 0 Å². The molecule has 19 heavy (non-hydrogen) atoms. The highest BCUT2D eigenvalue weighted by Gasteiger charge is 2.39. The minimum atomic E-state index is 0.442. The van der Waals surface area contributed by atoms with E-state index in [-0.39, 0.29) is 0 Å². The van der Waals surface area contributed by atoms with Gasteiger partial charge in [-0.1, -0.05) is 38.1 Å². The minimum absolute atomic E-state index is 0.442. The maximum absolute atomic E-state index is 6.14. The molecule has 2 atom stereocenters. The number of hydrogen-bond acceptors (Lipinski definition) is 2. The van der Waals surface area contributed by atoms with E-state index in [0.29, 0.717) is 12.0 Å². The molecule has 2 nitrogen and oxygen atoms in total. The zero-order valence-corrected chi connectivity index (χ0v) is 12.2. The van der Waals surface area contributed by atoms with Crippen LogP contribution in [0.5, 0.6) is 0 Å². The second-order valence-electron chi connectivity index (χ2n) is 6.69. The first kappa shape index (κ1) is 13.1. The van der Waals surface area contributed by atoms with E-state index < -0.39 is 0 Å². The molecule has 0 aromatic heterocycles. The Bertz CT molecular complexity index is 409. The molecule has 2 aliphatic rings. The Kier molecular flexibility index (Phi) is 3.64. The monoisotopic (exact) mass is 258 g/mol. The predicted molar refractivity (Wildman–Crippen MR) is 80.1 cm³/mol. The Labute approximate surface area is 117 Å². The molecule has 0 spiro atoms. The van der Waals surface area contributed by atoms with Gasteiger partial charge < -0.3 is 5.73 Å². The third-order valence-electron chi connectivity index (χ3n) is 4.93. The highest BCUT2D eigenvalue weighted by atomic mass is 15.2.